The molecule has 1 fully saturated rings. The molecule has 0 aromatic heterocycles. The monoisotopic (exact) mass is 492 g/mol. The number of rotatable bonds is 8. The van der Waals surface area contributed by atoms with Gasteiger partial charge in [0.1, 0.15) is 18.2 Å². The van der Waals surface area contributed by atoms with E-state index in [1.807, 2.05) is 0 Å². The number of aliphatic hydroxyl groups excluding tert-OH is 1. The molecule has 1 saturated heterocycles. The molecule has 0 spiro atoms. The van der Waals surface area contributed by atoms with Gasteiger partial charge < -0.3 is 20.3 Å². The molecule has 0 bridgehead atoms. The van der Waals surface area contributed by atoms with Gasteiger partial charge in [-0.3, -0.25) is 9.69 Å². The van der Waals surface area contributed by atoms with Crippen LogP contribution in [-0.4, -0.2) is 52.2 Å². The second-order valence-electron chi connectivity index (χ2n) is 8.97. The van der Waals surface area contributed by atoms with E-state index in [0.29, 0.717) is 30.8 Å². The standard InChI is InChI=1S/C28H29FN2O5/c29-23-11-5-20(6-12-23)18-36-24-13-9-21(10-14-24)27(33)30-25-17-31(15-1-2-26(25)32)16-19-3-7-22(8-4-19)28(34)35/h3-14,25-26,32H,1-2,15-18H2,(H,30,33)(H,34,35). The molecule has 3 aromatic carbocycles. The van der Waals surface area contributed by atoms with Gasteiger partial charge in [0.05, 0.1) is 17.7 Å². The van der Waals surface area contributed by atoms with Crippen LogP contribution in [0.2, 0.25) is 0 Å². The number of hydrogen-bond acceptors (Lipinski definition) is 5. The van der Waals surface area contributed by atoms with Gasteiger partial charge >= 0.3 is 5.97 Å². The lowest BCUT2D eigenvalue weighted by Gasteiger charge is -2.27. The Morgan fingerprint density at radius 1 is 0.944 bits per heavy atom. The minimum Gasteiger partial charge on any atom is -0.489 e. The zero-order valence-electron chi connectivity index (χ0n) is 19.8. The van der Waals surface area contributed by atoms with Gasteiger partial charge in [-0.1, -0.05) is 24.3 Å². The number of carbonyl (C=O) groups excluding carboxylic acids is 1. The van der Waals surface area contributed by atoms with Crippen molar-refractivity contribution in [2.75, 3.05) is 13.1 Å². The number of aromatic carboxylic acids is 1. The molecular weight excluding hydrogens is 463 g/mol. The number of carbonyl (C=O) groups is 2. The highest BCUT2D eigenvalue weighted by atomic mass is 19.1. The number of nitrogens with zero attached hydrogens (tertiary/aromatic N) is 1. The number of carboxylic acids is 1. The summed E-state index contributed by atoms with van der Waals surface area (Å²) in [5, 5.41) is 22.7. The van der Waals surface area contributed by atoms with Gasteiger partial charge in [0.2, 0.25) is 0 Å². The molecule has 0 aliphatic carbocycles. The van der Waals surface area contributed by atoms with Crippen LogP contribution in [0.1, 0.15) is 44.7 Å². The van der Waals surface area contributed by atoms with Crippen LogP contribution in [0, 0.1) is 5.82 Å². The number of aliphatic hydroxyl groups is 1. The van der Waals surface area contributed by atoms with Crippen LogP contribution in [0.5, 0.6) is 5.75 Å². The smallest absolute Gasteiger partial charge is 0.335 e. The molecular formula is C28H29FN2O5. The van der Waals surface area contributed by atoms with Crippen molar-refractivity contribution in [2.45, 2.75) is 38.1 Å². The van der Waals surface area contributed by atoms with Crippen molar-refractivity contribution in [3.05, 3.63) is 101 Å². The third kappa shape index (κ3) is 6.90. The average Bonchev–Trinajstić information content (AvgIpc) is 3.05. The van der Waals surface area contributed by atoms with E-state index < -0.39 is 18.1 Å². The van der Waals surface area contributed by atoms with Crippen molar-refractivity contribution >= 4 is 11.9 Å². The lowest BCUT2D eigenvalue weighted by Crippen LogP contribution is -2.48. The fourth-order valence-electron chi connectivity index (χ4n) is 4.21. The van der Waals surface area contributed by atoms with E-state index in [1.54, 1.807) is 60.7 Å². The second-order valence-corrected chi connectivity index (χ2v) is 8.97. The summed E-state index contributed by atoms with van der Waals surface area (Å²) < 4.78 is 18.7. The van der Waals surface area contributed by atoms with Crippen molar-refractivity contribution in [3.8, 4) is 5.75 Å². The predicted octanol–water partition coefficient (Wildman–Crippen LogP) is 3.86. The van der Waals surface area contributed by atoms with Crippen LogP contribution < -0.4 is 10.1 Å². The van der Waals surface area contributed by atoms with E-state index in [-0.39, 0.29) is 23.9 Å². The van der Waals surface area contributed by atoms with Gasteiger partial charge in [-0.15, -0.1) is 0 Å². The Bertz CT molecular complexity index is 1170. The van der Waals surface area contributed by atoms with Crippen molar-refractivity contribution in [1.82, 2.24) is 10.2 Å². The first-order valence-electron chi connectivity index (χ1n) is 11.9. The number of benzene rings is 3. The van der Waals surface area contributed by atoms with Gasteiger partial charge in [-0.25, -0.2) is 9.18 Å². The molecule has 0 radical (unpaired) electrons. The fraction of sp³-hybridized carbons (Fsp3) is 0.286. The molecule has 2 atom stereocenters. The zero-order valence-corrected chi connectivity index (χ0v) is 19.8. The van der Waals surface area contributed by atoms with E-state index in [9.17, 15) is 19.1 Å². The Morgan fingerprint density at radius 2 is 1.58 bits per heavy atom. The van der Waals surface area contributed by atoms with E-state index in [0.717, 1.165) is 24.1 Å². The predicted molar refractivity (Wildman–Crippen MR) is 132 cm³/mol. The first-order chi connectivity index (χ1) is 17.4. The molecule has 188 valence electrons. The number of hydrogen-bond donors (Lipinski definition) is 3. The maximum Gasteiger partial charge on any atom is 0.335 e. The van der Waals surface area contributed by atoms with Crippen LogP contribution in [0.25, 0.3) is 0 Å². The molecule has 36 heavy (non-hydrogen) atoms. The molecule has 3 aromatic rings. The SMILES string of the molecule is O=C(O)c1ccc(CN2CCCC(O)C(NC(=O)c3ccc(OCc4ccc(F)cc4)cc3)C2)cc1. The van der Waals surface area contributed by atoms with Crippen LogP contribution >= 0.6 is 0 Å². The molecule has 2 unspecified atom stereocenters. The Labute approximate surface area is 209 Å². The summed E-state index contributed by atoms with van der Waals surface area (Å²) >= 11 is 0. The minimum absolute atomic E-state index is 0.238. The number of nitrogens with one attached hydrogen (secondary N) is 1. The number of likely N-dealkylation sites (tertiary alicyclic amines) is 1. The molecule has 4 rings (SSSR count). The van der Waals surface area contributed by atoms with Gasteiger partial charge in [0.15, 0.2) is 0 Å². The van der Waals surface area contributed by atoms with E-state index in [2.05, 4.69) is 10.2 Å². The molecule has 1 aliphatic rings. The van der Waals surface area contributed by atoms with Crippen LogP contribution in [0.15, 0.2) is 72.8 Å². The van der Waals surface area contributed by atoms with Crippen LogP contribution in [0.4, 0.5) is 4.39 Å². The Hall–Kier alpha value is -3.75. The summed E-state index contributed by atoms with van der Waals surface area (Å²) in [4.78, 5) is 26.1. The summed E-state index contributed by atoms with van der Waals surface area (Å²) in [7, 11) is 0. The second kappa shape index (κ2) is 11.8. The number of ether oxygens (including phenoxy) is 1. The molecule has 8 heteroatoms. The maximum atomic E-state index is 13.0. The molecule has 1 amide bonds. The van der Waals surface area contributed by atoms with Crippen molar-refractivity contribution < 1.29 is 28.9 Å². The molecule has 0 saturated carbocycles. The van der Waals surface area contributed by atoms with Crippen molar-refractivity contribution in [2.24, 2.45) is 0 Å². The lowest BCUT2D eigenvalue weighted by molar-refractivity contribution is 0.0696. The molecule has 7 nitrogen and oxygen atoms in total. The van der Waals surface area contributed by atoms with Crippen molar-refractivity contribution in [1.29, 1.82) is 0 Å². The number of carboxylic acid groups (broad SMARTS) is 1. The third-order valence-corrected chi connectivity index (χ3v) is 6.25. The maximum absolute atomic E-state index is 13.0. The Kier molecular flexibility index (Phi) is 8.30. The normalized spacial score (nSPS) is 18.3. The molecule has 3 N–H and O–H groups in total. The zero-order chi connectivity index (χ0) is 25.5. The highest BCUT2D eigenvalue weighted by molar-refractivity contribution is 5.94. The Balaban J connectivity index is 1.33. The van der Waals surface area contributed by atoms with Crippen molar-refractivity contribution in [3.63, 3.8) is 0 Å². The summed E-state index contributed by atoms with van der Waals surface area (Å²) in [6.07, 6.45) is 0.711. The van der Waals surface area contributed by atoms with Gasteiger partial charge in [-0.2, -0.15) is 0 Å². The molecule has 1 heterocycles. The van der Waals surface area contributed by atoms with E-state index in [4.69, 9.17) is 9.84 Å². The fourth-order valence-corrected chi connectivity index (χ4v) is 4.21. The van der Waals surface area contributed by atoms with E-state index in [1.165, 1.54) is 12.1 Å². The lowest BCUT2D eigenvalue weighted by atomic mass is 10.1. The topological polar surface area (TPSA) is 99.1 Å². The number of amides is 1. The van der Waals surface area contributed by atoms with Crippen LogP contribution in [-0.2, 0) is 13.2 Å². The minimum atomic E-state index is -0.963. The highest BCUT2D eigenvalue weighted by Crippen LogP contribution is 2.18. The quantitative estimate of drug-likeness (QED) is 0.442. The van der Waals surface area contributed by atoms with E-state index >= 15 is 0 Å². The highest BCUT2D eigenvalue weighted by Gasteiger charge is 2.27. The summed E-state index contributed by atoms with van der Waals surface area (Å²) in [5.41, 5.74) is 2.50. The Morgan fingerprint density at radius 3 is 2.25 bits per heavy atom. The van der Waals surface area contributed by atoms with Crippen LogP contribution in [0.3, 0.4) is 0 Å². The first kappa shape index (κ1) is 25.3. The van der Waals surface area contributed by atoms with Gasteiger partial charge in [-0.05, 0) is 79.0 Å². The summed E-state index contributed by atoms with van der Waals surface area (Å²) in [6.45, 7) is 2.13. The van der Waals surface area contributed by atoms with Gasteiger partial charge in [0, 0.05) is 18.7 Å². The average molecular weight is 493 g/mol. The molecule has 1 aliphatic heterocycles. The summed E-state index contributed by atoms with van der Waals surface area (Å²) in [6, 6.07) is 19.1. The first-order valence-corrected chi connectivity index (χ1v) is 11.9. The number of halogens is 1. The van der Waals surface area contributed by atoms with Gasteiger partial charge in [0.25, 0.3) is 5.91 Å². The largest absolute Gasteiger partial charge is 0.489 e. The summed E-state index contributed by atoms with van der Waals surface area (Å²) in [5.74, 6) is -0.956. The third-order valence-electron chi connectivity index (χ3n) is 6.25.